The van der Waals surface area contributed by atoms with Crippen molar-refractivity contribution < 1.29 is 14.6 Å². The number of aliphatic hydroxyl groups is 1. The summed E-state index contributed by atoms with van der Waals surface area (Å²) in [5.41, 5.74) is -0.283. The highest BCUT2D eigenvalue weighted by atomic mass is 16.5. The van der Waals surface area contributed by atoms with Crippen molar-refractivity contribution in [2.45, 2.75) is 64.1 Å². The van der Waals surface area contributed by atoms with Crippen LogP contribution < -0.4 is 0 Å². The van der Waals surface area contributed by atoms with Gasteiger partial charge in [0.05, 0.1) is 11.7 Å². The van der Waals surface area contributed by atoms with E-state index in [1.165, 1.54) is 12.8 Å². The molecule has 0 spiro atoms. The van der Waals surface area contributed by atoms with E-state index in [1.54, 1.807) is 7.11 Å². The third kappa shape index (κ3) is 4.23. The van der Waals surface area contributed by atoms with Gasteiger partial charge in [-0.1, -0.05) is 6.92 Å². The Kier molecular flexibility index (Phi) is 6.45. The van der Waals surface area contributed by atoms with Crippen LogP contribution >= 0.6 is 0 Å². The Morgan fingerprint density at radius 2 is 2.00 bits per heavy atom. The van der Waals surface area contributed by atoms with Crippen LogP contribution in [-0.2, 0) is 9.47 Å². The molecule has 0 aromatic carbocycles. The van der Waals surface area contributed by atoms with E-state index < -0.39 is 0 Å². The van der Waals surface area contributed by atoms with Crippen LogP contribution in [0.5, 0.6) is 0 Å². The lowest BCUT2D eigenvalue weighted by molar-refractivity contribution is -0.147. The van der Waals surface area contributed by atoms with Crippen LogP contribution in [0.15, 0.2) is 0 Å². The number of methoxy groups -OCH3 is 1. The fourth-order valence-corrected chi connectivity index (χ4v) is 2.80. The molecule has 0 saturated heterocycles. The minimum absolute atomic E-state index is 0.283. The Morgan fingerprint density at radius 1 is 1.35 bits per heavy atom. The fraction of sp³-hybridized carbons (Fsp3) is 1.00. The van der Waals surface area contributed by atoms with E-state index in [0.717, 1.165) is 38.2 Å². The molecule has 0 radical (unpaired) electrons. The van der Waals surface area contributed by atoms with Gasteiger partial charge in [0, 0.05) is 20.3 Å². The summed E-state index contributed by atoms with van der Waals surface area (Å²) in [6, 6.07) is 0. The van der Waals surface area contributed by atoms with Gasteiger partial charge < -0.3 is 14.6 Å². The molecule has 3 heteroatoms. The van der Waals surface area contributed by atoms with E-state index in [9.17, 15) is 5.11 Å². The van der Waals surface area contributed by atoms with Crippen LogP contribution in [0.4, 0.5) is 0 Å². The van der Waals surface area contributed by atoms with Gasteiger partial charge in [-0.2, -0.15) is 0 Å². The van der Waals surface area contributed by atoms with Crippen molar-refractivity contribution in [2.24, 2.45) is 5.92 Å². The highest BCUT2D eigenvalue weighted by molar-refractivity contribution is 4.92. The average Bonchev–Trinajstić information content (AvgIpc) is 2.33. The first kappa shape index (κ1) is 14.9. The van der Waals surface area contributed by atoms with Crippen LogP contribution in [0.3, 0.4) is 0 Å². The van der Waals surface area contributed by atoms with Crippen molar-refractivity contribution in [2.75, 3.05) is 20.3 Å². The van der Waals surface area contributed by atoms with Gasteiger partial charge in [-0.15, -0.1) is 0 Å². The van der Waals surface area contributed by atoms with Crippen LogP contribution in [0, 0.1) is 5.92 Å². The zero-order valence-corrected chi connectivity index (χ0v) is 11.6. The summed E-state index contributed by atoms with van der Waals surface area (Å²) in [4.78, 5) is 0. The molecule has 1 saturated carbocycles. The predicted molar refractivity (Wildman–Crippen MR) is 69.1 cm³/mol. The van der Waals surface area contributed by atoms with Gasteiger partial charge in [-0.05, 0) is 51.4 Å². The summed E-state index contributed by atoms with van der Waals surface area (Å²) in [7, 11) is 1.70. The molecule has 3 nitrogen and oxygen atoms in total. The zero-order valence-electron chi connectivity index (χ0n) is 11.6. The molecule has 0 heterocycles. The minimum Gasteiger partial charge on any atom is -0.390 e. The lowest BCUT2D eigenvalue weighted by Gasteiger charge is -2.42. The number of rotatable bonds is 7. The summed E-state index contributed by atoms with van der Waals surface area (Å²) < 4.78 is 11.0. The highest BCUT2D eigenvalue weighted by Crippen LogP contribution is 2.38. The van der Waals surface area contributed by atoms with Crippen molar-refractivity contribution in [1.29, 1.82) is 0 Å². The Morgan fingerprint density at radius 3 is 2.53 bits per heavy atom. The fourth-order valence-electron chi connectivity index (χ4n) is 2.80. The van der Waals surface area contributed by atoms with E-state index in [1.807, 2.05) is 6.92 Å². The molecule has 1 aliphatic carbocycles. The van der Waals surface area contributed by atoms with Gasteiger partial charge in [0.2, 0.25) is 0 Å². The monoisotopic (exact) mass is 244 g/mol. The number of hydrogen-bond acceptors (Lipinski definition) is 3. The molecule has 1 fully saturated rings. The lowest BCUT2D eigenvalue weighted by atomic mass is 9.75. The molecule has 1 aliphatic rings. The van der Waals surface area contributed by atoms with Gasteiger partial charge in [-0.3, -0.25) is 0 Å². The lowest BCUT2D eigenvalue weighted by Crippen LogP contribution is -2.47. The van der Waals surface area contributed by atoms with Crippen LogP contribution in [0.2, 0.25) is 0 Å². The van der Waals surface area contributed by atoms with E-state index in [0.29, 0.717) is 6.61 Å². The Hall–Kier alpha value is -0.120. The van der Waals surface area contributed by atoms with Crippen molar-refractivity contribution in [3.63, 3.8) is 0 Å². The maximum absolute atomic E-state index is 10.4. The third-order valence-corrected chi connectivity index (χ3v) is 3.99. The van der Waals surface area contributed by atoms with Gasteiger partial charge in [0.15, 0.2) is 0 Å². The van der Waals surface area contributed by atoms with E-state index in [-0.39, 0.29) is 11.7 Å². The van der Waals surface area contributed by atoms with Crippen molar-refractivity contribution in [3.05, 3.63) is 0 Å². The van der Waals surface area contributed by atoms with E-state index >= 15 is 0 Å². The summed E-state index contributed by atoms with van der Waals surface area (Å²) in [6.45, 7) is 5.71. The molecule has 0 aliphatic heterocycles. The van der Waals surface area contributed by atoms with Crippen molar-refractivity contribution in [1.82, 2.24) is 0 Å². The second kappa shape index (κ2) is 7.34. The first-order valence-electron chi connectivity index (χ1n) is 6.95. The topological polar surface area (TPSA) is 38.7 Å². The summed E-state index contributed by atoms with van der Waals surface area (Å²) >= 11 is 0. The SMILES string of the molecule is CCOC1(C(O)CCCOC)CCC(C)CC1. The molecule has 1 atom stereocenters. The van der Waals surface area contributed by atoms with Gasteiger partial charge in [0.25, 0.3) is 0 Å². The second-order valence-corrected chi connectivity index (χ2v) is 5.33. The quantitative estimate of drug-likeness (QED) is 0.700. The number of ether oxygens (including phenoxy) is 2. The molecule has 17 heavy (non-hydrogen) atoms. The summed E-state index contributed by atoms with van der Waals surface area (Å²) in [5, 5.41) is 10.4. The predicted octanol–water partition coefficient (Wildman–Crippen LogP) is 2.76. The average molecular weight is 244 g/mol. The molecule has 1 rings (SSSR count). The highest BCUT2D eigenvalue weighted by Gasteiger charge is 2.40. The number of hydrogen-bond donors (Lipinski definition) is 1. The third-order valence-electron chi connectivity index (χ3n) is 3.99. The van der Waals surface area contributed by atoms with Gasteiger partial charge in [-0.25, -0.2) is 0 Å². The van der Waals surface area contributed by atoms with Gasteiger partial charge >= 0.3 is 0 Å². The van der Waals surface area contributed by atoms with Gasteiger partial charge in [0.1, 0.15) is 0 Å². The molecular weight excluding hydrogens is 216 g/mol. The maximum atomic E-state index is 10.4. The second-order valence-electron chi connectivity index (χ2n) is 5.33. The maximum Gasteiger partial charge on any atom is 0.0940 e. The molecule has 102 valence electrons. The standard InChI is InChI=1S/C14H28O3/c1-4-17-14(9-7-12(2)8-10-14)13(15)6-5-11-16-3/h12-13,15H,4-11H2,1-3H3. The smallest absolute Gasteiger partial charge is 0.0940 e. The molecule has 0 amide bonds. The summed E-state index contributed by atoms with van der Waals surface area (Å²) in [5.74, 6) is 0.773. The Labute approximate surface area is 105 Å². The van der Waals surface area contributed by atoms with Crippen LogP contribution in [0.25, 0.3) is 0 Å². The first-order chi connectivity index (χ1) is 8.14. The molecule has 1 N–H and O–H groups in total. The number of aliphatic hydroxyl groups excluding tert-OH is 1. The molecule has 1 unspecified atom stereocenters. The molecule has 0 aromatic heterocycles. The van der Waals surface area contributed by atoms with E-state index in [2.05, 4.69) is 6.92 Å². The van der Waals surface area contributed by atoms with E-state index in [4.69, 9.17) is 9.47 Å². The van der Waals surface area contributed by atoms with Crippen LogP contribution in [-0.4, -0.2) is 37.1 Å². The molecule has 0 bridgehead atoms. The Balaban J connectivity index is 2.51. The normalized spacial score (nSPS) is 31.4. The first-order valence-corrected chi connectivity index (χ1v) is 6.95. The van der Waals surface area contributed by atoms with Crippen molar-refractivity contribution >= 4 is 0 Å². The summed E-state index contributed by atoms with van der Waals surface area (Å²) in [6.07, 6.45) is 5.67. The molecular formula is C14H28O3. The van der Waals surface area contributed by atoms with Crippen molar-refractivity contribution in [3.8, 4) is 0 Å². The molecule has 0 aromatic rings. The van der Waals surface area contributed by atoms with Crippen LogP contribution in [0.1, 0.15) is 52.4 Å². The zero-order chi connectivity index (χ0) is 12.7. The Bertz CT molecular complexity index is 198. The largest absolute Gasteiger partial charge is 0.390 e. The minimum atomic E-state index is -0.343.